The summed E-state index contributed by atoms with van der Waals surface area (Å²) in [6, 6.07) is 0. The van der Waals surface area contributed by atoms with Gasteiger partial charge in [0.05, 0.1) is 12.3 Å². The number of nitrogens with zero attached hydrogens (tertiary/aromatic N) is 1. The van der Waals surface area contributed by atoms with Crippen molar-refractivity contribution in [2.45, 2.75) is 25.8 Å². The fourth-order valence-electron chi connectivity index (χ4n) is 1.55. The van der Waals surface area contributed by atoms with Crippen LogP contribution in [0, 0.1) is 13.8 Å². The van der Waals surface area contributed by atoms with Gasteiger partial charge in [0.1, 0.15) is 11.4 Å². The Bertz CT molecular complexity index is 293. The zero-order chi connectivity index (χ0) is 9.47. The van der Waals surface area contributed by atoms with E-state index >= 15 is 0 Å². The second-order valence-corrected chi connectivity index (χ2v) is 3.75. The first-order valence-electron chi connectivity index (χ1n) is 4.52. The highest BCUT2D eigenvalue weighted by molar-refractivity contribution is 5.17. The Kier molecular flexibility index (Phi) is 1.89. The number of aromatic amines is 1. The minimum absolute atomic E-state index is 0.390. The van der Waals surface area contributed by atoms with E-state index in [1.807, 2.05) is 13.8 Å². The Hall–Kier alpha value is -0.870. The van der Waals surface area contributed by atoms with Gasteiger partial charge in [0.25, 0.3) is 0 Å². The Labute approximate surface area is 77.5 Å². The van der Waals surface area contributed by atoms with Gasteiger partial charge >= 0.3 is 0 Å². The molecule has 1 aromatic heterocycles. The average molecular weight is 181 g/mol. The molecule has 0 amide bonds. The van der Waals surface area contributed by atoms with E-state index in [1.54, 1.807) is 0 Å². The van der Waals surface area contributed by atoms with E-state index < -0.39 is 0 Å². The van der Waals surface area contributed by atoms with Crippen LogP contribution in [0.25, 0.3) is 0 Å². The monoisotopic (exact) mass is 181 g/mol. The third kappa shape index (κ3) is 1.36. The Morgan fingerprint density at radius 2 is 2.31 bits per heavy atom. The van der Waals surface area contributed by atoms with Crippen molar-refractivity contribution in [3.05, 3.63) is 17.2 Å². The second kappa shape index (κ2) is 2.82. The molecule has 0 aromatic carbocycles. The molecule has 1 atom stereocenters. The van der Waals surface area contributed by atoms with E-state index in [1.165, 1.54) is 0 Å². The summed E-state index contributed by atoms with van der Waals surface area (Å²) in [5.41, 5.74) is 7.86. The molecule has 2 rings (SSSR count). The summed E-state index contributed by atoms with van der Waals surface area (Å²) in [7, 11) is 0. The van der Waals surface area contributed by atoms with Gasteiger partial charge < -0.3 is 15.5 Å². The van der Waals surface area contributed by atoms with Gasteiger partial charge in [-0.2, -0.15) is 0 Å². The van der Waals surface area contributed by atoms with Crippen LogP contribution in [0.5, 0.6) is 0 Å². The largest absolute Gasteiger partial charge is 0.379 e. The molecule has 4 nitrogen and oxygen atoms in total. The molecule has 4 heteroatoms. The lowest BCUT2D eigenvalue weighted by molar-refractivity contribution is 0.176. The van der Waals surface area contributed by atoms with Crippen molar-refractivity contribution >= 4 is 0 Å². The molecule has 2 heterocycles. The highest BCUT2D eigenvalue weighted by Crippen LogP contribution is 2.25. The third-order valence-electron chi connectivity index (χ3n) is 2.65. The van der Waals surface area contributed by atoms with E-state index in [0.29, 0.717) is 6.61 Å². The summed E-state index contributed by atoms with van der Waals surface area (Å²) in [5, 5.41) is 0. The van der Waals surface area contributed by atoms with Gasteiger partial charge in [0, 0.05) is 12.3 Å². The number of imidazole rings is 1. The number of rotatable bonds is 1. The first kappa shape index (κ1) is 8.72. The third-order valence-corrected chi connectivity index (χ3v) is 2.65. The van der Waals surface area contributed by atoms with Crippen molar-refractivity contribution in [3.63, 3.8) is 0 Å². The maximum Gasteiger partial charge on any atom is 0.129 e. The standard InChI is InChI=1S/C9H15N3O/c1-6-7(2)12-8(11-6)9(10)3-4-13-5-9/h3-5,10H2,1-2H3,(H,11,12). The average Bonchev–Trinajstić information content (AvgIpc) is 2.62. The van der Waals surface area contributed by atoms with Gasteiger partial charge in [-0.1, -0.05) is 0 Å². The number of nitrogens with two attached hydrogens (primary N) is 1. The summed E-state index contributed by atoms with van der Waals surface area (Å²) in [5.74, 6) is 0.861. The van der Waals surface area contributed by atoms with Crippen LogP contribution < -0.4 is 5.73 Å². The highest BCUT2D eigenvalue weighted by atomic mass is 16.5. The number of aryl methyl sites for hydroxylation is 2. The molecule has 1 unspecified atom stereocenters. The fourth-order valence-corrected chi connectivity index (χ4v) is 1.55. The van der Waals surface area contributed by atoms with Crippen molar-refractivity contribution < 1.29 is 4.74 Å². The molecule has 0 saturated carbocycles. The van der Waals surface area contributed by atoms with Crippen molar-refractivity contribution in [3.8, 4) is 0 Å². The molecule has 72 valence electrons. The summed E-state index contributed by atoms with van der Waals surface area (Å²) in [6.07, 6.45) is 0.847. The molecule has 1 aromatic rings. The highest BCUT2D eigenvalue weighted by Gasteiger charge is 2.35. The lowest BCUT2D eigenvalue weighted by Gasteiger charge is -2.18. The molecular weight excluding hydrogens is 166 g/mol. The molecule has 1 aliphatic rings. The van der Waals surface area contributed by atoms with Crippen LogP contribution in [0.2, 0.25) is 0 Å². The first-order chi connectivity index (χ1) is 6.12. The normalized spacial score (nSPS) is 28.2. The minimum atomic E-state index is -0.390. The quantitative estimate of drug-likeness (QED) is 0.667. The second-order valence-electron chi connectivity index (χ2n) is 3.75. The molecule has 1 aliphatic heterocycles. The molecule has 0 aliphatic carbocycles. The van der Waals surface area contributed by atoms with Gasteiger partial charge in [-0.15, -0.1) is 0 Å². The van der Waals surface area contributed by atoms with Crippen molar-refractivity contribution in [1.82, 2.24) is 9.97 Å². The predicted molar refractivity (Wildman–Crippen MR) is 49.4 cm³/mol. The number of hydrogen-bond donors (Lipinski definition) is 2. The van der Waals surface area contributed by atoms with E-state index in [-0.39, 0.29) is 5.54 Å². The van der Waals surface area contributed by atoms with Crippen molar-refractivity contribution in [2.24, 2.45) is 5.73 Å². The molecule has 3 N–H and O–H groups in total. The minimum Gasteiger partial charge on any atom is -0.379 e. The molecule has 1 fully saturated rings. The predicted octanol–water partition coefficient (Wildman–Crippen LogP) is 0.601. The molecule has 0 spiro atoms. The number of H-pyrrole nitrogens is 1. The summed E-state index contributed by atoms with van der Waals surface area (Å²) in [4.78, 5) is 7.61. The van der Waals surface area contributed by atoms with Crippen molar-refractivity contribution in [1.29, 1.82) is 0 Å². The fraction of sp³-hybridized carbons (Fsp3) is 0.667. The Morgan fingerprint density at radius 3 is 2.77 bits per heavy atom. The SMILES string of the molecule is Cc1nc(C2(N)CCOC2)[nH]c1C. The number of ether oxygens (including phenoxy) is 1. The lowest BCUT2D eigenvalue weighted by Crippen LogP contribution is -2.38. The van der Waals surface area contributed by atoms with Crippen LogP contribution in [0.4, 0.5) is 0 Å². The Balaban J connectivity index is 2.34. The van der Waals surface area contributed by atoms with Gasteiger partial charge in [-0.3, -0.25) is 0 Å². The van der Waals surface area contributed by atoms with Gasteiger partial charge in [-0.25, -0.2) is 4.98 Å². The topological polar surface area (TPSA) is 63.9 Å². The van der Waals surface area contributed by atoms with Crippen LogP contribution >= 0.6 is 0 Å². The molecule has 0 bridgehead atoms. The van der Waals surface area contributed by atoms with E-state index in [4.69, 9.17) is 10.5 Å². The van der Waals surface area contributed by atoms with E-state index in [2.05, 4.69) is 9.97 Å². The van der Waals surface area contributed by atoms with E-state index in [0.717, 1.165) is 30.2 Å². The summed E-state index contributed by atoms with van der Waals surface area (Å²) >= 11 is 0. The number of hydrogen-bond acceptors (Lipinski definition) is 3. The molecule has 0 radical (unpaired) electrons. The van der Waals surface area contributed by atoms with Gasteiger partial charge in [-0.05, 0) is 20.3 Å². The lowest BCUT2D eigenvalue weighted by atomic mass is 10.00. The van der Waals surface area contributed by atoms with Crippen LogP contribution in [0.1, 0.15) is 23.6 Å². The molecule has 1 saturated heterocycles. The van der Waals surface area contributed by atoms with Gasteiger partial charge in [0.2, 0.25) is 0 Å². The maximum absolute atomic E-state index is 6.14. The number of nitrogens with one attached hydrogen (secondary N) is 1. The summed E-state index contributed by atoms with van der Waals surface area (Å²) < 4.78 is 5.28. The smallest absolute Gasteiger partial charge is 0.129 e. The summed E-state index contributed by atoms with van der Waals surface area (Å²) in [6.45, 7) is 5.29. The zero-order valence-corrected chi connectivity index (χ0v) is 8.05. The Morgan fingerprint density at radius 1 is 1.54 bits per heavy atom. The van der Waals surface area contributed by atoms with Crippen LogP contribution in [0.15, 0.2) is 0 Å². The molecular formula is C9H15N3O. The maximum atomic E-state index is 6.14. The molecule has 13 heavy (non-hydrogen) atoms. The van der Waals surface area contributed by atoms with Crippen molar-refractivity contribution in [2.75, 3.05) is 13.2 Å². The number of aromatic nitrogens is 2. The van der Waals surface area contributed by atoms with Crippen LogP contribution in [-0.4, -0.2) is 23.2 Å². The first-order valence-corrected chi connectivity index (χ1v) is 4.52. The van der Waals surface area contributed by atoms with E-state index in [9.17, 15) is 0 Å². The van der Waals surface area contributed by atoms with Crippen LogP contribution in [-0.2, 0) is 10.3 Å². The van der Waals surface area contributed by atoms with Crippen LogP contribution in [0.3, 0.4) is 0 Å². The zero-order valence-electron chi connectivity index (χ0n) is 8.05. The van der Waals surface area contributed by atoms with Gasteiger partial charge in [0.15, 0.2) is 0 Å².